The van der Waals surface area contributed by atoms with Gasteiger partial charge in [-0.25, -0.2) is 5.41 Å². The van der Waals surface area contributed by atoms with Gasteiger partial charge in [-0.2, -0.15) is 0 Å². The van der Waals surface area contributed by atoms with Gasteiger partial charge < -0.3 is 12.6 Å². The van der Waals surface area contributed by atoms with Gasteiger partial charge in [0.2, 0.25) is 0 Å². The van der Waals surface area contributed by atoms with Crippen molar-refractivity contribution in [3.05, 3.63) is 206 Å². The standard InChI is InChI=1S/C41H39P3.C4H6S.Rh/c1-41(32-42(35-20-8-2-9-21-35)36-22-10-3-11-23-36,33-43(37-24-12-4-13-25-37)38-26-14-5-15-27-38)34-44(39-28-16-6-17-29-39)40-30-18-7-19-31-40;1-2-3-4-5;/h2-31H,32-34H2,1H3;2-5H,1H2;/p-1/b;4-3-;. The quantitative estimate of drug-likeness (QED) is 0.0485. The number of allylic oxidation sites excluding steroid dienone is 2. The van der Waals surface area contributed by atoms with E-state index >= 15 is 0 Å². The van der Waals surface area contributed by atoms with Crippen molar-refractivity contribution < 1.29 is 19.5 Å². The summed E-state index contributed by atoms with van der Waals surface area (Å²) in [6, 6.07) is 67.7. The van der Waals surface area contributed by atoms with E-state index in [0.717, 1.165) is 18.5 Å². The summed E-state index contributed by atoms with van der Waals surface area (Å²) in [6.07, 6.45) is 6.79. The van der Waals surface area contributed by atoms with Gasteiger partial charge in [-0.3, -0.25) is 0 Å². The first-order valence-electron chi connectivity index (χ1n) is 16.6. The molecular weight excluding hydrogens is 768 g/mol. The van der Waals surface area contributed by atoms with Gasteiger partial charge in [-0.15, -0.1) is 0 Å². The van der Waals surface area contributed by atoms with Gasteiger partial charge in [-0.1, -0.05) is 208 Å². The first kappa shape index (κ1) is 39.7. The largest absolute Gasteiger partial charge is 0.787 e. The molecule has 0 fully saturated rings. The minimum absolute atomic E-state index is 0. The monoisotopic (exact) mass is 812 g/mol. The summed E-state index contributed by atoms with van der Waals surface area (Å²) in [6.45, 7) is 6.00. The Balaban J connectivity index is 0.000000875. The van der Waals surface area contributed by atoms with Crippen LogP contribution in [0.3, 0.4) is 0 Å². The summed E-state index contributed by atoms with van der Waals surface area (Å²) >= 11 is 4.40. The van der Waals surface area contributed by atoms with Crippen molar-refractivity contribution in [1.82, 2.24) is 0 Å². The van der Waals surface area contributed by atoms with Gasteiger partial charge in [0.25, 0.3) is 0 Å². The van der Waals surface area contributed by atoms with E-state index in [0.29, 0.717) is 0 Å². The van der Waals surface area contributed by atoms with Crippen molar-refractivity contribution in [2.75, 3.05) is 18.5 Å². The maximum atomic E-state index is 4.40. The van der Waals surface area contributed by atoms with Crippen LogP contribution in [0.2, 0.25) is 0 Å². The van der Waals surface area contributed by atoms with E-state index in [9.17, 15) is 0 Å². The molecule has 1 radical (unpaired) electrons. The summed E-state index contributed by atoms with van der Waals surface area (Å²) < 4.78 is 0. The van der Waals surface area contributed by atoms with Crippen LogP contribution in [0.4, 0.5) is 0 Å². The molecular formula is C45H44P3RhS-. The van der Waals surface area contributed by atoms with Crippen molar-refractivity contribution in [2.24, 2.45) is 5.41 Å². The average Bonchev–Trinajstić information content (AvgIpc) is 3.18. The Morgan fingerprint density at radius 1 is 0.440 bits per heavy atom. The molecule has 0 nitrogen and oxygen atoms in total. The Morgan fingerprint density at radius 2 is 0.640 bits per heavy atom. The van der Waals surface area contributed by atoms with Gasteiger partial charge in [0.05, 0.1) is 0 Å². The maximum absolute atomic E-state index is 4.40. The molecule has 6 aromatic rings. The molecule has 0 aliphatic carbocycles. The molecule has 0 atom stereocenters. The van der Waals surface area contributed by atoms with Crippen LogP contribution in [-0.2, 0) is 32.1 Å². The van der Waals surface area contributed by atoms with Crippen molar-refractivity contribution in [3.8, 4) is 0 Å². The molecule has 255 valence electrons. The molecule has 0 unspecified atom stereocenters. The fraction of sp³-hybridized carbons (Fsp3) is 0.111. The van der Waals surface area contributed by atoms with Gasteiger partial charge in [0.1, 0.15) is 0 Å². The minimum atomic E-state index is -0.555. The van der Waals surface area contributed by atoms with Crippen molar-refractivity contribution in [2.45, 2.75) is 6.92 Å². The third kappa shape index (κ3) is 11.7. The summed E-state index contributed by atoms with van der Waals surface area (Å²) in [4.78, 5) is 0. The Labute approximate surface area is 322 Å². The number of hydrogen-bond donors (Lipinski definition) is 0. The predicted octanol–water partition coefficient (Wildman–Crippen LogP) is 9.62. The summed E-state index contributed by atoms with van der Waals surface area (Å²) in [7, 11) is -1.66. The molecule has 6 rings (SSSR count). The number of hydrogen-bond acceptors (Lipinski definition) is 1. The topological polar surface area (TPSA) is 0 Å². The number of rotatable bonds is 13. The Kier molecular flexibility index (Phi) is 16.9. The minimum Gasteiger partial charge on any atom is -0.787 e. The summed E-state index contributed by atoms with van der Waals surface area (Å²) in [5, 5.41) is 10.3. The van der Waals surface area contributed by atoms with Crippen LogP contribution in [0, 0.1) is 5.41 Å². The van der Waals surface area contributed by atoms with E-state index in [2.05, 4.69) is 208 Å². The summed E-state index contributed by atoms with van der Waals surface area (Å²) in [5.41, 5.74) is 0.0756. The molecule has 0 spiro atoms. The predicted molar refractivity (Wildman–Crippen MR) is 227 cm³/mol. The van der Waals surface area contributed by atoms with Crippen LogP contribution in [0.25, 0.3) is 0 Å². The van der Waals surface area contributed by atoms with E-state index in [1.807, 2.05) is 0 Å². The van der Waals surface area contributed by atoms with Crippen LogP contribution in [0.1, 0.15) is 6.92 Å². The second kappa shape index (κ2) is 21.3. The average molecular weight is 813 g/mol. The fourth-order valence-corrected chi connectivity index (χ4v) is 14.8. The molecule has 5 heteroatoms. The first-order chi connectivity index (χ1) is 24.1. The summed E-state index contributed by atoms with van der Waals surface area (Å²) in [5.74, 6) is 0. The molecule has 0 N–H and O–H groups in total. The first-order valence-corrected chi connectivity index (χ1v) is 21.7. The van der Waals surface area contributed by atoms with E-state index in [4.69, 9.17) is 0 Å². The van der Waals surface area contributed by atoms with E-state index in [-0.39, 0.29) is 24.9 Å². The molecule has 50 heavy (non-hydrogen) atoms. The van der Waals surface area contributed by atoms with Crippen LogP contribution in [0.5, 0.6) is 0 Å². The maximum Gasteiger partial charge on any atom is 0 e. The third-order valence-corrected chi connectivity index (χ3v) is 17.2. The molecule has 0 aromatic heterocycles. The zero-order valence-electron chi connectivity index (χ0n) is 28.5. The molecule has 0 saturated carbocycles. The van der Waals surface area contributed by atoms with Crippen LogP contribution < -0.4 is 31.8 Å². The Bertz CT molecular complexity index is 1500. The number of benzene rings is 6. The van der Waals surface area contributed by atoms with Crippen LogP contribution in [0.15, 0.2) is 206 Å². The molecule has 0 aliphatic rings. The molecule has 0 saturated heterocycles. The Hall–Kier alpha value is -3.07. The second-order valence-electron chi connectivity index (χ2n) is 12.1. The second-order valence-corrected chi connectivity index (χ2v) is 19.0. The zero-order chi connectivity index (χ0) is 34.2. The normalized spacial score (nSPS) is 11.2. The molecule has 6 aromatic carbocycles. The fourth-order valence-electron chi connectivity index (χ4n) is 5.99. The SMILES string of the molecule is C=C/C=C\[S-].CC(CP(c1ccccc1)c1ccccc1)(CP(c1ccccc1)c1ccccc1)CP(c1ccccc1)c1ccccc1.[Rh]. The van der Waals surface area contributed by atoms with E-state index in [1.165, 1.54) is 37.2 Å². The van der Waals surface area contributed by atoms with Gasteiger partial charge in [-0.05, 0) is 79.5 Å². The van der Waals surface area contributed by atoms with Crippen molar-refractivity contribution in [3.63, 3.8) is 0 Å². The molecule has 0 aliphatic heterocycles. The van der Waals surface area contributed by atoms with Gasteiger partial charge >= 0.3 is 0 Å². The zero-order valence-corrected chi connectivity index (χ0v) is 33.6. The van der Waals surface area contributed by atoms with Gasteiger partial charge in [0.15, 0.2) is 0 Å². The third-order valence-electron chi connectivity index (χ3n) is 8.24. The molecule has 0 bridgehead atoms. The van der Waals surface area contributed by atoms with E-state index in [1.54, 1.807) is 12.2 Å². The van der Waals surface area contributed by atoms with Crippen LogP contribution >= 0.6 is 23.8 Å². The Morgan fingerprint density at radius 3 is 0.780 bits per heavy atom. The van der Waals surface area contributed by atoms with Gasteiger partial charge in [0, 0.05) is 19.5 Å². The van der Waals surface area contributed by atoms with Crippen molar-refractivity contribution >= 4 is 68.2 Å². The van der Waals surface area contributed by atoms with E-state index < -0.39 is 23.8 Å². The van der Waals surface area contributed by atoms with Crippen LogP contribution in [-0.4, -0.2) is 18.5 Å². The van der Waals surface area contributed by atoms with Crippen molar-refractivity contribution in [1.29, 1.82) is 0 Å². The molecule has 0 amide bonds. The molecule has 0 heterocycles. The smallest absolute Gasteiger partial charge is 0 e.